The molecule has 19 heavy (non-hydrogen) atoms. The number of anilines is 1. The lowest BCUT2D eigenvalue weighted by Gasteiger charge is -2.13. The van der Waals surface area contributed by atoms with Crippen molar-refractivity contribution in [3.8, 4) is 0 Å². The van der Waals surface area contributed by atoms with Crippen LogP contribution in [0.3, 0.4) is 0 Å². The van der Waals surface area contributed by atoms with Crippen LogP contribution in [-0.4, -0.2) is 37.6 Å². The number of para-hydroxylation sites is 1. The Hall–Kier alpha value is -2.15. The maximum atomic E-state index is 12.0. The summed E-state index contributed by atoms with van der Waals surface area (Å²) >= 11 is 0. The number of methoxy groups -OCH3 is 1. The van der Waals surface area contributed by atoms with Gasteiger partial charge in [-0.1, -0.05) is 6.07 Å². The molecule has 104 valence electrons. The van der Waals surface area contributed by atoms with Crippen molar-refractivity contribution in [1.29, 1.82) is 0 Å². The predicted molar refractivity (Wildman–Crippen MR) is 71.4 cm³/mol. The first-order valence-corrected chi connectivity index (χ1v) is 5.76. The highest BCUT2D eigenvalue weighted by molar-refractivity contribution is 6.00. The van der Waals surface area contributed by atoms with Crippen LogP contribution in [0.15, 0.2) is 18.2 Å². The SMILES string of the molecule is CNc1cccc(C(=O)NC(C)COC)c1[N+](=O)[O-]. The highest BCUT2D eigenvalue weighted by Crippen LogP contribution is 2.28. The fraction of sp³-hybridized carbons (Fsp3) is 0.417. The smallest absolute Gasteiger partial charge is 0.305 e. The van der Waals surface area contributed by atoms with E-state index in [0.717, 1.165) is 0 Å². The standard InChI is InChI=1S/C12H17N3O4/c1-8(7-19-3)14-12(16)9-5-4-6-10(13-2)11(9)15(17)18/h4-6,8,13H,7H2,1-3H3,(H,14,16). The van der Waals surface area contributed by atoms with Gasteiger partial charge in [0.15, 0.2) is 0 Å². The van der Waals surface area contributed by atoms with E-state index < -0.39 is 10.8 Å². The van der Waals surface area contributed by atoms with Crippen LogP contribution in [0.5, 0.6) is 0 Å². The van der Waals surface area contributed by atoms with Crippen molar-refractivity contribution in [3.63, 3.8) is 0 Å². The molecular formula is C12H17N3O4. The molecule has 0 aliphatic heterocycles. The Morgan fingerprint density at radius 2 is 2.21 bits per heavy atom. The second kappa shape index (κ2) is 6.69. The fourth-order valence-electron chi connectivity index (χ4n) is 1.72. The van der Waals surface area contributed by atoms with E-state index in [1.54, 1.807) is 26.1 Å². The summed E-state index contributed by atoms with van der Waals surface area (Å²) in [4.78, 5) is 22.5. The maximum Gasteiger partial charge on any atom is 0.305 e. The normalized spacial score (nSPS) is 11.7. The van der Waals surface area contributed by atoms with Gasteiger partial charge in [0.1, 0.15) is 11.3 Å². The highest BCUT2D eigenvalue weighted by atomic mass is 16.6. The van der Waals surface area contributed by atoms with Gasteiger partial charge in [0, 0.05) is 20.2 Å². The summed E-state index contributed by atoms with van der Waals surface area (Å²) in [6.45, 7) is 2.10. The molecule has 0 saturated heterocycles. The molecule has 2 N–H and O–H groups in total. The molecule has 1 amide bonds. The lowest BCUT2D eigenvalue weighted by Crippen LogP contribution is -2.35. The van der Waals surface area contributed by atoms with E-state index in [0.29, 0.717) is 12.3 Å². The van der Waals surface area contributed by atoms with E-state index in [-0.39, 0.29) is 17.3 Å². The minimum atomic E-state index is -0.568. The van der Waals surface area contributed by atoms with Crippen LogP contribution < -0.4 is 10.6 Å². The van der Waals surface area contributed by atoms with Gasteiger partial charge in [0.05, 0.1) is 11.5 Å². The molecule has 0 bridgehead atoms. The fourth-order valence-corrected chi connectivity index (χ4v) is 1.72. The molecule has 0 fully saturated rings. The third-order valence-corrected chi connectivity index (χ3v) is 2.53. The van der Waals surface area contributed by atoms with Crippen molar-refractivity contribution in [2.24, 2.45) is 0 Å². The minimum Gasteiger partial charge on any atom is -0.383 e. The van der Waals surface area contributed by atoms with Crippen molar-refractivity contribution in [3.05, 3.63) is 33.9 Å². The first-order valence-electron chi connectivity index (χ1n) is 5.76. The zero-order valence-electron chi connectivity index (χ0n) is 11.1. The summed E-state index contributed by atoms with van der Waals surface area (Å²) in [5, 5.41) is 16.4. The Balaban J connectivity index is 3.06. The second-order valence-corrected chi connectivity index (χ2v) is 4.04. The number of ether oxygens (including phenoxy) is 1. The van der Waals surface area contributed by atoms with Crippen LogP contribution in [-0.2, 0) is 4.74 Å². The van der Waals surface area contributed by atoms with Gasteiger partial charge in [-0.3, -0.25) is 14.9 Å². The molecule has 7 heteroatoms. The Kier molecular flexibility index (Phi) is 5.25. The average molecular weight is 267 g/mol. The summed E-state index contributed by atoms with van der Waals surface area (Å²) in [6.07, 6.45) is 0. The molecule has 0 aliphatic carbocycles. The summed E-state index contributed by atoms with van der Waals surface area (Å²) in [6, 6.07) is 4.34. The van der Waals surface area contributed by atoms with E-state index in [1.165, 1.54) is 13.2 Å². The molecule has 0 saturated carbocycles. The topological polar surface area (TPSA) is 93.5 Å². The molecule has 1 aromatic rings. The van der Waals surface area contributed by atoms with Gasteiger partial charge in [-0.15, -0.1) is 0 Å². The van der Waals surface area contributed by atoms with Crippen LogP contribution in [0.4, 0.5) is 11.4 Å². The molecule has 0 spiro atoms. The Labute approximate surface area is 111 Å². The van der Waals surface area contributed by atoms with Gasteiger partial charge >= 0.3 is 5.69 Å². The monoisotopic (exact) mass is 267 g/mol. The molecule has 1 atom stereocenters. The van der Waals surface area contributed by atoms with Crippen LogP contribution in [0.25, 0.3) is 0 Å². The molecule has 0 heterocycles. The van der Waals surface area contributed by atoms with E-state index in [1.807, 2.05) is 0 Å². The zero-order valence-corrected chi connectivity index (χ0v) is 11.1. The maximum absolute atomic E-state index is 12.0. The predicted octanol–water partition coefficient (Wildman–Crippen LogP) is 1.40. The first-order chi connectivity index (χ1) is 9.01. The van der Waals surface area contributed by atoms with E-state index in [9.17, 15) is 14.9 Å². The largest absolute Gasteiger partial charge is 0.383 e. The Bertz CT molecular complexity index is 476. The van der Waals surface area contributed by atoms with Crippen molar-refractivity contribution < 1.29 is 14.5 Å². The number of benzene rings is 1. The molecule has 1 aromatic carbocycles. The number of carbonyl (C=O) groups is 1. The molecule has 0 aliphatic rings. The van der Waals surface area contributed by atoms with E-state index >= 15 is 0 Å². The van der Waals surface area contributed by atoms with Crippen molar-refractivity contribution in [2.45, 2.75) is 13.0 Å². The number of nitrogens with one attached hydrogen (secondary N) is 2. The number of nitro benzene ring substituents is 1. The third kappa shape index (κ3) is 3.65. The number of nitrogens with zero attached hydrogens (tertiary/aromatic N) is 1. The molecule has 7 nitrogen and oxygen atoms in total. The van der Waals surface area contributed by atoms with Crippen LogP contribution in [0.2, 0.25) is 0 Å². The van der Waals surface area contributed by atoms with Gasteiger partial charge in [0.25, 0.3) is 5.91 Å². The van der Waals surface area contributed by atoms with Crippen LogP contribution in [0.1, 0.15) is 17.3 Å². The van der Waals surface area contributed by atoms with Crippen LogP contribution in [0, 0.1) is 10.1 Å². The van der Waals surface area contributed by atoms with Gasteiger partial charge in [-0.2, -0.15) is 0 Å². The minimum absolute atomic E-state index is 0.0276. The Morgan fingerprint density at radius 1 is 1.53 bits per heavy atom. The van der Waals surface area contributed by atoms with Gasteiger partial charge in [-0.05, 0) is 19.1 Å². The summed E-state index contributed by atoms with van der Waals surface area (Å²) in [5.41, 5.74) is 0.101. The molecule has 0 aromatic heterocycles. The van der Waals surface area contributed by atoms with Gasteiger partial charge < -0.3 is 15.4 Å². The second-order valence-electron chi connectivity index (χ2n) is 4.04. The number of hydrogen-bond donors (Lipinski definition) is 2. The average Bonchev–Trinajstić information content (AvgIpc) is 2.37. The van der Waals surface area contributed by atoms with Gasteiger partial charge in [0.2, 0.25) is 0 Å². The summed E-state index contributed by atoms with van der Waals surface area (Å²) in [5.74, 6) is -0.492. The van der Waals surface area contributed by atoms with E-state index in [4.69, 9.17) is 4.74 Å². The lowest BCUT2D eigenvalue weighted by molar-refractivity contribution is -0.384. The number of nitro groups is 1. The van der Waals surface area contributed by atoms with Crippen LogP contribution >= 0.6 is 0 Å². The Morgan fingerprint density at radius 3 is 2.74 bits per heavy atom. The number of rotatable bonds is 6. The molecule has 0 radical (unpaired) electrons. The third-order valence-electron chi connectivity index (χ3n) is 2.53. The van der Waals surface area contributed by atoms with E-state index in [2.05, 4.69) is 10.6 Å². The highest BCUT2D eigenvalue weighted by Gasteiger charge is 2.24. The van der Waals surface area contributed by atoms with Gasteiger partial charge in [-0.25, -0.2) is 0 Å². The summed E-state index contributed by atoms with van der Waals surface area (Å²) < 4.78 is 4.90. The first kappa shape index (κ1) is 14.9. The molecule has 1 rings (SSSR count). The quantitative estimate of drug-likeness (QED) is 0.600. The van der Waals surface area contributed by atoms with Crippen molar-refractivity contribution in [1.82, 2.24) is 5.32 Å². The molecular weight excluding hydrogens is 250 g/mol. The summed E-state index contributed by atoms with van der Waals surface area (Å²) in [7, 11) is 3.09. The van der Waals surface area contributed by atoms with Crippen molar-refractivity contribution in [2.75, 3.05) is 26.1 Å². The number of amides is 1. The number of hydrogen-bond acceptors (Lipinski definition) is 5. The number of carbonyl (C=O) groups excluding carboxylic acids is 1. The van der Waals surface area contributed by atoms with Crippen molar-refractivity contribution >= 4 is 17.3 Å². The lowest BCUT2D eigenvalue weighted by atomic mass is 10.1. The molecule has 1 unspecified atom stereocenters. The zero-order chi connectivity index (χ0) is 14.4.